The summed E-state index contributed by atoms with van der Waals surface area (Å²) in [4.78, 5) is 29.1. The Kier molecular flexibility index (Phi) is 9.63. The Balaban J connectivity index is 0.00000370. The number of carbonyl (C=O) groups excluding carboxylic acids is 2. The predicted octanol–water partition coefficient (Wildman–Crippen LogP) is 1.62. The molecule has 16 heteroatoms. The van der Waals surface area contributed by atoms with Gasteiger partial charge in [-0.1, -0.05) is 11.6 Å². The molecule has 2 aromatic heterocycles. The van der Waals surface area contributed by atoms with Gasteiger partial charge in [0.25, 0.3) is 5.91 Å². The Hall–Kier alpha value is -4.08. The molecule has 3 N–H and O–H groups in total. The molecule has 15 nitrogen and oxygen atoms in total. The average molecular weight is 575 g/mol. The number of likely N-dealkylation sites (tertiary alicyclic amines) is 1. The number of nitrogen functional groups attached to an aromatic ring is 1. The maximum absolute atomic E-state index is 13.1. The smallest absolute Gasteiger partial charge is 0.410 e. The molecule has 40 heavy (non-hydrogen) atoms. The summed E-state index contributed by atoms with van der Waals surface area (Å²) in [6, 6.07) is 7.08. The first kappa shape index (κ1) is 28.9. The number of nitrogens with zero attached hydrogens (tertiary/aromatic N) is 8. The fourth-order valence-corrected chi connectivity index (χ4v) is 4.46. The summed E-state index contributed by atoms with van der Waals surface area (Å²) < 4.78 is 16.8. The highest BCUT2D eigenvalue weighted by Crippen LogP contribution is 2.23. The Morgan fingerprint density at radius 1 is 1.18 bits per heavy atom. The zero-order valence-corrected chi connectivity index (χ0v) is 22.7. The molecular formula is C24H31ClN10O5. The zero-order chi connectivity index (χ0) is 27.2. The van der Waals surface area contributed by atoms with Crippen molar-refractivity contribution >= 4 is 36.4 Å². The van der Waals surface area contributed by atoms with Crippen molar-refractivity contribution in [2.24, 2.45) is 5.10 Å². The highest BCUT2D eigenvalue weighted by atomic mass is 35.5. The fraction of sp³-hybridized carbons (Fsp3) is 0.458. The molecule has 5 rings (SSSR count). The lowest BCUT2D eigenvalue weighted by Gasteiger charge is -2.33. The predicted molar refractivity (Wildman–Crippen MR) is 145 cm³/mol. The van der Waals surface area contributed by atoms with Gasteiger partial charge in [0.15, 0.2) is 5.69 Å². The largest absolute Gasteiger partial charge is 0.415 e. The third kappa shape index (κ3) is 6.73. The van der Waals surface area contributed by atoms with E-state index in [1.807, 2.05) is 0 Å². The molecule has 0 bridgehead atoms. The van der Waals surface area contributed by atoms with Gasteiger partial charge in [-0.25, -0.2) is 14.8 Å². The Morgan fingerprint density at radius 2 is 1.95 bits per heavy atom. The summed E-state index contributed by atoms with van der Waals surface area (Å²) in [5.41, 5.74) is 9.67. The monoisotopic (exact) mass is 574 g/mol. The first-order valence-electron chi connectivity index (χ1n) is 12.7. The number of piperidine rings is 1. The molecule has 2 fully saturated rings. The van der Waals surface area contributed by atoms with Gasteiger partial charge in [0.1, 0.15) is 5.75 Å². The van der Waals surface area contributed by atoms with Crippen molar-refractivity contribution in [2.45, 2.75) is 38.8 Å². The minimum absolute atomic E-state index is 0. The van der Waals surface area contributed by atoms with Crippen LogP contribution >= 0.6 is 12.4 Å². The van der Waals surface area contributed by atoms with Crippen molar-refractivity contribution in [3.63, 3.8) is 0 Å². The van der Waals surface area contributed by atoms with Crippen LogP contribution in [0.2, 0.25) is 0 Å². The number of morpholine rings is 1. The lowest BCUT2D eigenvalue weighted by Crippen LogP contribution is -2.42. The van der Waals surface area contributed by atoms with Gasteiger partial charge in [0.05, 0.1) is 25.1 Å². The molecule has 0 saturated carbocycles. The number of nitrogens with one attached hydrogen (secondary N) is 1. The van der Waals surface area contributed by atoms with Crippen molar-refractivity contribution in [1.82, 2.24) is 40.5 Å². The molecule has 4 heterocycles. The molecule has 1 atom stereocenters. The zero-order valence-electron chi connectivity index (χ0n) is 21.9. The average Bonchev–Trinajstić information content (AvgIpc) is 3.57. The van der Waals surface area contributed by atoms with Gasteiger partial charge in [0.2, 0.25) is 11.6 Å². The Morgan fingerprint density at radius 3 is 2.65 bits per heavy atom. The standard InChI is InChI=1S/C24H30N10O5.ClH/c1-16-4-2-3-9-33(16)15-19-20(27-31-34(19)22-21(25)29-39-30-22)23(35)28-26-14-17-5-7-18(8-6-17)38-24(36)32-10-12-37-13-11-32;/h5-8,14,16H,2-4,9-13,15H2,1H3,(H2,25,29)(H,28,35);1H/b26-14-;. The number of rotatable bonds is 7. The van der Waals surface area contributed by atoms with Gasteiger partial charge in [-0.3, -0.25) is 9.69 Å². The molecule has 0 spiro atoms. The molecule has 1 aromatic carbocycles. The number of nitrogens with two attached hydrogens (primary N) is 1. The van der Waals surface area contributed by atoms with E-state index in [2.05, 4.69) is 43.0 Å². The van der Waals surface area contributed by atoms with E-state index in [1.54, 1.807) is 29.2 Å². The van der Waals surface area contributed by atoms with E-state index < -0.39 is 12.0 Å². The Labute approximate surface area is 236 Å². The van der Waals surface area contributed by atoms with Crippen molar-refractivity contribution < 1.29 is 23.7 Å². The number of aromatic nitrogens is 5. The fourth-order valence-electron chi connectivity index (χ4n) is 4.46. The van der Waals surface area contributed by atoms with Crippen LogP contribution in [-0.2, 0) is 11.3 Å². The Bertz CT molecular complexity index is 1320. The molecule has 214 valence electrons. The van der Waals surface area contributed by atoms with Crippen LogP contribution in [0.25, 0.3) is 5.82 Å². The summed E-state index contributed by atoms with van der Waals surface area (Å²) in [7, 11) is 0. The lowest BCUT2D eigenvalue weighted by atomic mass is 10.0. The number of ether oxygens (including phenoxy) is 2. The first-order chi connectivity index (χ1) is 19.0. The van der Waals surface area contributed by atoms with Crippen LogP contribution in [0.1, 0.15) is 47.9 Å². The van der Waals surface area contributed by atoms with E-state index in [9.17, 15) is 9.59 Å². The van der Waals surface area contributed by atoms with Crippen molar-refractivity contribution in [3.05, 3.63) is 41.2 Å². The first-order valence-corrected chi connectivity index (χ1v) is 12.7. The summed E-state index contributed by atoms with van der Waals surface area (Å²) in [6.07, 6.45) is 4.34. The maximum Gasteiger partial charge on any atom is 0.415 e. The number of hydrazone groups is 1. The van der Waals surface area contributed by atoms with Crippen molar-refractivity contribution in [1.29, 1.82) is 0 Å². The third-order valence-electron chi connectivity index (χ3n) is 6.70. The van der Waals surface area contributed by atoms with Crippen LogP contribution < -0.4 is 15.9 Å². The van der Waals surface area contributed by atoms with E-state index in [-0.39, 0.29) is 29.7 Å². The van der Waals surface area contributed by atoms with E-state index in [4.69, 9.17) is 19.8 Å². The highest BCUT2D eigenvalue weighted by Gasteiger charge is 2.28. The summed E-state index contributed by atoms with van der Waals surface area (Å²) in [6.45, 7) is 5.44. The van der Waals surface area contributed by atoms with Crippen LogP contribution in [0.3, 0.4) is 0 Å². The lowest BCUT2D eigenvalue weighted by molar-refractivity contribution is 0.0416. The summed E-state index contributed by atoms with van der Waals surface area (Å²) in [5, 5.41) is 19.7. The molecular weight excluding hydrogens is 544 g/mol. The molecule has 3 aromatic rings. The van der Waals surface area contributed by atoms with E-state index in [0.717, 1.165) is 25.8 Å². The number of anilines is 1. The maximum atomic E-state index is 13.1. The summed E-state index contributed by atoms with van der Waals surface area (Å²) >= 11 is 0. The number of benzene rings is 1. The molecule has 2 amide bonds. The van der Waals surface area contributed by atoms with Crippen LogP contribution in [-0.4, -0.2) is 92.2 Å². The summed E-state index contributed by atoms with van der Waals surface area (Å²) in [5.74, 6) is 0.0711. The number of halogens is 1. The van der Waals surface area contributed by atoms with Crippen LogP contribution in [0, 0.1) is 0 Å². The van der Waals surface area contributed by atoms with Crippen molar-refractivity contribution in [3.8, 4) is 11.6 Å². The molecule has 0 radical (unpaired) electrons. The minimum Gasteiger partial charge on any atom is -0.410 e. The normalized spacial score (nSPS) is 17.9. The quantitative estimate of drug-likeness (QED) is 0.309. The molecule has 2 saturated heterocycles. The van der Waals surface area contributed by atoms with Gasteiger partial charge < -0.3 is 20.1 Å². The molecule has 1 unspecified atom stereocenters. The molecule has 2 aliphatic heterocycles. The molecule has 0 aliphatic carbocycles. The van der Waals surface area contributed by atoms with Crippen LogP contribution in [0.4, 0.5) is 10.6 Å². The van der Waals surface area contributed by atoms with E-state index in [0.29, 0.717) is 55.9 Å². The number of hydrogen-bond acceptors (Lipinski definition) is 12. The SMILES string of the molecule is CC1CCCCN1Cc1c(C(=O)N/N=C\c2ccc(OC(=O)N3CCOCC3)cc2)nnn1-c1nonc1N.Cl. The van der Waals surface area contributed by atoms with Crippen LogP contribution in [0.15, 0.2) is 34.0 Å². The highest BCUT2D eigenvalue weighted by molar-refractivity contribution is 5.94. The van der Waals surface area contributed by atoms with E-state index >= 15 is 0 Å². The van der Waals surface area contributed by atoms with Crippen molar-refractivity contribution in [2.75, 3.05) is 38.6 Å². The molecule has 2 aliphatic rings. The minimum atomic E-state index is -0.539. The topological polar surface area (TPSA) is 179 Å². The van der Waals surface area contributed by atoms with Gasteiger partial charge in [-0.2, -0.15) is 9.78 Å². The van der Waals surface area contributed by atoms with Gasteiger partial charge in [-0.15, -0.1) is 17.5 Å². The second kappa shape index (κ2) is 13.3. The van der Waals surface area contributed by atoms with E-state index in [1.165, 1.54) is 10.9 Å². The van der Waals surface area contributed by atoms with Gasteiger partial charge in [0, 0.05) is 25.7 Å². The van der Waals surface area contributed by atoms with Gasteiger partial charge >= 0.3 is 6.09 Å². The van der Waals surface area contributed by atoms with Crippen LogP contribution in [0.5, 0.6) is 5.75 Å². The third-order valence-corrected chi connectivity index (χ3v) is 6.70. The second-order valence-electron chi connectivity index (χ2n) is 9.32. The number of carbonyl (C=O) groups is 2. The number of amides is 2. The van der Waals surface area contributed by atoms with Gasteiger partial charge in [-0.05, 0) is 66.5 Å². The second-order valence-corrected chi connectivity index (χ2v) is 9.32. The number of hydrogen-bond donors (Lipinski definition) is 2.